The maximum atomic E-state index is 13.0. The minimum Gasteiger partial charge on any atom is -0.493 e. The van der Waals surface area contributed by atoms with Crippen LogP contribution in [-0.4, -0.2) is 4.70 Å². The van der Waals surface area contributed by atoms with Crippen LogP contribution in [-0.2, 0) is 0 Å². The minimum absolute atomic E-state index is 0.972. The van der Waals surface area contributed by atoms with Crippen LogP contribution in [0.15, 0.2) is 71.8 Å². The van der Waals surface area contributed by atoms with Crippen LogP contribution < -0.4 is 0 Å². The van der Waals surface area contributed by atoms with E-state index in [1.54, 1.807) is 4.70 Å². The maximum absolute atomic E-state index is 13.0. The molecule has 0 amide bonds. The normalized spacial score (nSPS) is 13.3. The fourth-order valence-corrected chi connectivity index (χ4v) is 11.2. The molecule has 1 aliphatic heterocycles. The zero-order valence-corrected chi connectivity index (χ0v) is 50.4. The second-order valence-electron chi connectivity index (χ2n) is 23.0. The molecule has 0 saturated carbocycles. The van der Waals surface area contributed by atoms with E-state index in [0.29, 0.717) is 0 Å². The molecule has 0 aromatic heterocycles. The Balaban J connectivity index is 2.02. The Morgan fingerprint density at radius 1 is 0.280 bits per heavy atom. The molecule has 2 heteroatoms. The van der Waals surface area contributed by atoms with Gasteiger partial charge in [-0.05, 0) is 136 Å². The van der Waals surface area contributed by atoms with Gasteiger partial charge in [-0.3, -0.25) is 0 Å². The summed E-state index contributed by atoms with van der Waals surface area (Å²) >= 11 is 0. The van der Waals surface area contributed by atoms with Crippen LogP contribution in [0, 0.1) is 0 Å². The van der Waals surface area contributed by atoms with Crippen molar-refractivity contribution in [2.45, 2.75) is 318 Å². The Labute approximate surface area is 466 Å². The molecule has 0 fully saturated rings. The number of benzene rings is 2. The summed E-state index contributed by atoms with van der Waals surface area (Å²) in [5.41, 5.74) is 25.0. The standard InChI is InChI=1S/C73H118N2/c1-7-13-19-23-27-31-35-39-43-48-52-64-58-65(53-49-44-40-36-32-28-24-20-14-8-2)61-68(60-64)72-70(56-18-12-6)71(57-47-17-11-5)73(75(72)74)69-62-66(54-50-45-41-37-33-29-25-21-15-9-3)59-67(63-69)55-51-46-42-38-34-30-26-22-16-10-4/h48-55,58-63H,7-47,56-57H2,1-6H3. The fourth-order valence-electron chi connectivity index (χ4n) is 11.2. The second-order valence-corrected chi connectivity index (χ2v) is 23.0. The van der Waals surface area contributed by atoms with Gasteiger partial charge in [0.25, 0.3) is 0 Å². The minimum atomic E-state index is 0.972. The average molecular weight is 1020 g/mol. The molecule has 1 aliphatic rings. The summed E-state index contributed by atoms with van der Waals surface area (Å²) in [6.45, 7) is 13.8. The molecule has 2 nitrogen and oxygen atoms in total. The van der Waals surface area contributed by atoms with Gasteiger partial charge in [-0.1, -0.05) is 289 Å². The first-order chi connectivity index (χ1) is 37.0. The van der Waals surface area contributed by atoms with Gasteiger partial charge in [-0.15, -0.1) is 0 Å². The molecule has 1 heterocycles. The van der Waals surface area contributed by atoms with E-state index in [4.69, 9.17) is 0 Å². The molecule has 0 N–H and O–H groups in total. The van der Waals surface area contributed by atoms with Crippen molar-refractivity contribution in [1.82, 2.24) is 0 Å². The summed E-state index contributed by atoms with van der Waals surface area (Å²) in [7, 11) is 0. The molecule has 2 aromatic carbocycles. The quantitative estimate of drug-likeness (QED) is 0.0466. The van der Waals surface area contributed by atoms with Gasteiger partial charge in [-0.25, -0.2) is 4.70 Å². The lowest BCUT2D eigenvalue weighted by atomic mass is 9.90. The number of hydrogen-bond acceptors (Lipinski definition) is 0. The molecular formula is C73H118N2. The first-order valence-electron chi connectivity index (χ1n) is 32.9. The van der Waals surface area contributed by atoms with Gasteiger partial charge in [0.1, 0.15) is 0 Å². The largest absolute Gasteiger partial charge is 0.493 e. The predicted molar refractivity (Wildman–Crippen MR) is 339 cm³/mol. The number of allylic oxidation sites excluding steroid dienone is 6. The van der Waals surface area contributed by atoms with Crippen LogP contribution in [0.2, 0.25) is 0 Å². The van der Waals surface area contributed by atoms with Crippen LogP contribution in [0.1, 0.15) is 351 Å². The maximum Gasteiger partial charge on any atom is 0.211 e. The van der Waals surface area contributed by atoms with E-state index < -0.39 is 0 Å². The third-order valence-corrected chi connectivity index (χ3v) is 15.8. The highest BCUT2D eigenvalue weighted by Gasteiger charge is 2.35. The smallest absolute Gasteiger partial charge is 0.211 e. The highest BCUT2D eigenvalue weighted by Crippen LogP contribution is 2.45. The van der Waals surface area contributed by atoms with Gasteiger partial charge >= 0.3 is 0 Å². The third kappa shape index (κ3) is 29.7. The highest BCUT2D eigenvalue weighted by molar-refractivity contribution is 5.84. The Kier molecular flexibility index (Phi) is 39.9. The third-order valence-electron chi connectivity index (χ3n) is 15.8. The first kappa shape index (κ1) is 65.8. The van der Waals surface area contributed by atoms with Crippen LogP contribution in [0.3, 0.4) is 0 Å². The zero-order valence-electron chi connectivity index (χ0n) is 50.4. The summed E-state index contributed by atoms with van der Waals surface area (Å²) in [6, 6.07) is 14.3. The lowest BCUT2D eigenvalue weighted by molar-refractivity contribution is -0.345. The van der Waals surface area contributed by atoms with Crippen molar-refractivity contribution >= 4 is 35.7 Å². The van der Waals surface area contributed by atoms with E-state index in [1.807, 2.05) is 0 Å². The van der Waals surface area contributed by atoms with Crippen LogP contribution in [0.5, 0.6) is 0 Å². The van der Waals surface area contributed by atoms with Gasteiger partial charge in [0.05, 0.1) is 0 Å². The summed E-state index contributed by atoms with van der Waals surface area (Å²) < 4.78 is 1.65. The van der Waals surface area contributed by atoms with Crippen molar-refractivity contribution in [1.29, 1.82) is 0 Å². The molecule has 0 radical (unpaired) electrons. The van der Waals surface area contributed by atoms with Gasteiger partial charge in [-0.2, -0.15) is 0 Å². The van der Waals surface area contributed by atoms with Gasteiger partial charge in [0, 0.05) is 22.3 Å². The molecule has 0 saturated heterocycles. The van der Waals surface area contributed by atoms with Crippen LogP contribution in [0.25, 0.3) is 41.2 Å². The molecule has 420 valence electrons. The van der Waals surface area contributed by atoms with Crippen LogP contribution in [0.4, 0.5) is 0 Å². The van der Waals surface area contributed by atoms with Crippen molar-refractivity contribution < 1.29 is 4.70 Å². The Bertz CT molecular complexity index is 1850. The van der Waals surface area contributed by atoms with Crippen molar-refractivity contribution in [3.05, 3.63) is 111 Å². The highest BCUT2D eigenvalue weighted by atomic mass is 15.2. The summed E-state index contributed by atoms with van der Waals surface area (Å²) in [4.78, 5) is 0. The molecule has 0 atom stereocenters. The van der Waals surface area contributed by atoms with Crippen LogP contribution >= 0.6 is 0 Å². The first-order valence-corrected chi connectivity index (χ1v) is 32.9. The molecule has 0 bridgehead atoms. The number of rotatable bonds is 49. The Morgan fingerprint density at radius 3 is 0.773 bits per heavy atom. The molecule has 3 rings (SSSR count). The van der Waals surface area contributed by atoms with Gasteiger partial charge in [0.2, 0.25) is 11.4 Å². The lowest BCUT2D eigenvalue weighted by Crippen LogP contribution is -2.04. The van der Waals surface area contributed by atoms with E-state index >= 15 is 0 Å². The Hall–Kier alpha value is -3.52. The van der Waals surface area contributed by atoms with Crippen molar-refractivity contribution in [3.8, 4) is 0 Å². The fraction of sp³-hybridized carbons (Fsp3) is 0.671. The van der Waals surface area contributed by atoms with E-state index in [1.165, 1.54) is 252 Å². The average Bonchev–Trinajstić information content (AvgIpc) is 3.69. The van der Waals surface area contributed by atoms with Gasteiger partial charge in [0.15, 0.2) is 0 Å². The Morgan fingerprint density at radius 2 is 0.507 bits per heavy atom. The summed E-state index contributed by atoms with van der Waals surface area (Å²) in [5.74, 6) is 0. The molecular weight excluding hydrogens is 905 g/mol. The van der Waals surface area contributed by atoms with Crippen molar-refractivity contribution in [3.63, 3.8) is 0 Å². The second kappa shape index (κ2) is 45.5. The monoisotopic (exact) mass is 1020 g/mol. The number of unbranched alkanes of at least 4 members (excludes halogenated alkanes) is 35. The lowest BCUT2D eigenvalue weighted by Gasteiger charge is -2.13. The topological polar surface area (TPSA) is 25.3 Å². The number of hydrogen-bond donors (Lipinski definition) is 0. The SMILES string of the molecule is CCCCCCCCCCC=Cc1cc(C=CCCCCCCCCCC)cc(C2=C(CCCC)C(CCCCC)=C(c3cc(C=CCCCCCCCCCC)cc(C=CCCCCCCCCCC)c3)[N+]2=[N-])c1. The zero-order chi connectivity index (χ0) is 53.7. The molecule has 0 aliphatic carbocycles. The van der Waals surface area contributed by atoms with E-state index in [-0.39, 0.29) is 0 Å². The molecule has 2 aromatic rings. The van der Waals surface area contributed by atoms with E-state index in [9.17, 15) is 5.53 Å². The van der Waals surface area contributed by atoms with Crippen molar-refractivity contribution in [2.24, 2.45) is 0 Å². The molecule has 0 unspecified atom stereocenters. The van der Waals surface area contributed by atoms with Crippen molar-refractivity contribution in [2.75, 3.05) is 0 Å². The molecule has 0 spiro atoms. The summed E-state index contributed by atoms with van der Waals surface area (Å²) in [5, 5.41) is 0. The van der Waals surface area contributed by atoms with E-state index in [2.05, 4.69) is 127 Å². The molecule has 75 heavy (non-hydrogen) atoms. The van der Waals surface area contributed by atoms with Gasteiger partial charge < -0.3 is 5.53 Å². The summed E-state index contributed by atoms with van der Waals surface area (Å²) in [6.07, 6.45) is 74.4. The van der Waals surface area contributed by atoms with E-state index in [0.717, 1.165) is 80.3 Å². The number of nitrogens with zero attached hydrogens (tertiary/aromatic N) is 2. The predicted octanol–water partition coefficient (Wildman–Crippen LogP) is 25.8.